The van der Waals surface area contributed by atoms with Gasteiger partial charge in [-0.05, 0) is 12.8 Å². The van der Waals surface area contributed by atoms with Gasteiger partial charge in [0.2, 0.25) is 11.8 Å². The van der Waals surface area contributed by atoms with Crippen LogP contribution in [0.25, 0.3) is 0 Å². The van der Waals surface area contributed by atoms with Crippen LogP contribution < -0.4 is 11.1 Å². The maximum atomic E-state index is 11.4. The maximum absolute atomic E-state index is 11.4. The van der Waals surface area contributed by atoms with Crippen LogP contribution in [0, 0.1) is 0 Å². The Hall–Kier alpha value is -1.10. The monoisotopic (exact) mass is 199 g/mol. The van der Waals surface area contributed by atoms with Gasteiger partial charge >= 0.3 is 0 Å². The standard InChI is InChI=1S/C9H17N3O2/c1-3-6(10)8(13)11-7-4-5-12(2)9(7)14/h6-7H,3-5,10H2,1-2H3,(H,11,13). The summed E-state index contributed by atoms with van der Waals surface area (Å²) in [4.78, 5) is 24.4. The number of carbonyl (C=O) groups excluding carboxylic acids is 2. The van der Waals surface area contributed by atoms with Crippen molar-refractivity contribution >= 4 is 11.8 Å². The SMILES string of the molecule is CCC(N)C(=O)NC1CCN(C)C1=O. The summed E-state index contributed by atoms with van der Waals surface area (Å²) in [5.41, 5.74) is 5.54. The van der Waals surface area contributed by atoms with E-state index in [4.69, 9.17) is 5.73 Å². The molecule has 0 radical (unpaired) electrons. The first-order chi connectivity index (χ1) is 6.56. The molecule has 0 aromatic carbocycles. The minimum atomic E-state index is -0.506. The third kappa shape index (κ3) is 2.23. The summed E-state index contributed by atoms with van der Waals surface area (Å²) in [7, 11) is 1.73. The predicted octanol–water partition coefficient (Wildman–Crippen LogP) is -0.929. The molecule has 2 amide bonds. The van der Waals surface area contributed by atoms with E-state index in [1.807, 2.05) is 6.92 Å². The lowest BCUT2D eigenvalue weighted by atomic mass is 10.2. The summed E-state index contributed by atoms with van der Waals surface area (Å²) >= 11 is 0. The molecule has 1 saturated heterocycles. The zero-order chi connectivity index (χ0) is 10.7. The van der Waals surface area contributed by atoms with Gasteiger partial charge in [-0.15, -0.1) is 0 Å². The highest BCUT2D eigenvalue weighted by atomic mass is 16.2. The first-order valence-corrected chi connectivity index (χ1v) is 4.87. The van der Waals surface area contributed by atoms with Crippen molar-refractivity contribution in [2.24, 2.45) is 5.73 Å². The molecule has 80 valence electrons. The van der Waals surface area contributed by atoms with E-state index in [0.29, 0.717) is 19.4 Å². The lowest BCUT2D eigenvalue weighted by molar-refractivity contribution is -0.132. The van der Waals surface area contributed by atoms with Gasteiger partial charge in [0.25, 0.3) is 0 Å². The van der Waals surface area contributed by atoms with Crippen molar-refractivity contribution in [1.29, 1.82) is 0 Å². The Balaban J connectivity index is 2.45. The molecule has 0 bridgehead atoms. The molecule has 0 spiro atoms. The average Bonchev–Trinajstić information content (AvgIpc) is 2.48. The lowest BCUT2D eigenvalue weighted by Gasteiger charge is -2.14. The van der Waals surface area contributed by atoms with Crippen LogP contribution in [0.5, 0.6) is 0 Å². The molecule has 1 rings (SSSR count). The predicted molar refractivity (Wildman–Crippen MR) is 52.5 cm³/mol. The molecule has 5 heteroatoms. The highest BCUT2D eigenvalue weighted by Gasteiger charge is 2.30. The molecule has 0 aromatic rings. The van der Waals surface area contributed by atoms with Crippen LogP contribution in [0.2, 0.25) is 0 Å². The summed E-state index contributed by atoms with van der Waals surface area (Å²) in [6.07, 6.45) is 1.26. The number of rotatable bonds is 3. The van der Waals surface area contributed by atoms with Crippen molar-refractivity contribution in [3.63, 3.8) is 0 Å². The Bertz CT molecular complexity index is 242. The summed E-state index contributed by atoms with van der Waals surface area (Å²) < 4.78 is 0. The van der Waals surface area contributed by atoms with Crippen LogP contribution in [0.4, 0.5) is 0 Å². The summed E-state index contributed by atoms with van der Waals surface area (Å²) in [5, 5.41) is 2.65. The van der Waals surface area contributed by atoms with E-state index in [-0.39, 0.29) is 17.9 Å². The van der Waals surface area contributed by atoms with Gasteiger partial charge in [0.15, 0.2) is 0 Å². The van der Waals surface area contributed by atoms with Crippen LogP contribution in [-0.4, -0.2) is 42.4 Å². The van der Waals surface area contributed by atoms with E-state index < -0.39 is 6.04 Å². The second-order valence-corrected chi connectivity index (χ2v) is 3.62. The highest BCUT2D eigenvalue weighted by molar-refractivity contribution is 5.90. The Kier molecular flexibility index (Phi) is 3.46. The summed E-state index contributed by atoms with van der Waals surface area (Å²) in [6, 6.07) is -0.876. The minimum Gasteiger partial charge on any atom is -0.344 e. The van der Waals surface area contributed by atoms with Crippen LogP contribution >= 0.6 is 0 Å². The van der Waals surface area contributed by atoms with E-state index in [1.165, 1.54) is 0 Å². The second kappa shape index (κ2) is 4.41. The smallest absolute Gasteiger partial charge is 0.244 e. The number of likely N-dealkylation sites (tertiary alicyclic amines) is 1. The number of carbonyl (C=O) groups is 2. The zero-order valence-corrected chi connectivity index (χ0v) is 8.62. The molecule has 0 saturated carbocycles. The van der Waals surface area contributed by atoms with Gasteiger partial charge in [-0.3, -0.25) is 9.59 Å². The van der Waals surface area contributed by atoms with Crippen LogP contribution in [0.1, 0.15) is 19.8 Å². The number of nitrogens with two attached hydrogens (primary N) is 1. The minimum absolute atomic E-state index is 0.0262. The number of amides is 2. The number of nitrogens with zero attached hydrogens (tertiary/aromatic N) is 1. The van der Waals surface area contributed by atoms with Crippen LogP contribution in [-0.2, 0) is 9.59 Å². The molecule has 2 unspecified atom stereocenters. The summed E-state index contributed by atoms with van der Waals surface area (Å²) in [5.74, 6) is -0.261. The van der Waals surface area contributed by atoms with Gasteiger partial charge in [0, 0.05) is 13.6 Å². The van der Waals surface area contributed by atoms with E-state index >= 15 is 0 Å². The fourth-order valence-corrected chi connectivity index (χ4v) is 1.42. The number of likely N-dealkylation sites (N-methyl/N-ethyl adjacent to an activating group) is 1. The zero-order valence-electron chi connectivity index (χ0n) is 8.62. The van der Waals surface area contributed by atoms with E-state index in [9.17, 15) is 9.59 Å². The molecular formula is C9H17N3O2. The van der Waals surface area contributed by atoms with Crippen molar-refractivity contribution in [1.82, 2.24) is 10.2 Å². The van der Waals surface area contributed by atoms with Crippen LogP contribution in [0.15, 0.2) is 0 Å². The summed E-state index contributed by atoms with van der Waals surface area (Å²) in [6.45, 7) is 2.54. The Morgan fingerprint density at radius 2 is 2.43 bits per heavy atom. The van der Waals surface area contributed by atoms with Crippen molar-refractivity contribution in [3.8, 4) is 0 Å². The van der Waals surface area contributed by atoms with Gasteiger partial charge in [0.05, 0.1) is 6.04 Å². The second-order valence-electron chi connectivity index (χ2n) is 3.62. The molecule has 2 atom stereocenters. The Labute approximate surface area is 83.6 Å². The molecule has 1 heterocycles. The van der Waals surface area contributed by atoms with E-state index in [2.05, 4.69) is 5.32 Å². The Morgan fingerprint density at radius 3 is 2.86 bits per heavy atom. The molecule has 1 aliphatic heterocycles. The molecule has 14 heavy (non-hydrogen) atoms. The van der Waals surface area contributed by atoms with E-state index in [0.717, 1.165) is 0 Å². The Morgan fingerprint density at radius 1 is 1.79 bits per heavy atom. The van der Waals surface area contributed by atoms with Crippen molar-refractivity contribution in [2.75, 3.05) is 13.6 Å². The van der Waals surface area contributed by atoms with Gasteiger partial charge in [-0.2, -0.15) is 0 Å². The van der Waals surface area contributed by atoms with Gasteiger partial charge < -0.3 is 16.0 Å². The molecule has 3 N–H and O–H groups in total. The maximum Gasteiger partial charge on any atom is 0.244 e. The lowest BCUT2D eigenvalue weighted by Crippen LogP contribution is -2.47. The molecule has 0 aliphatic carbocycles. The van der Waals surface area contributed by atoms with Crippen molar-refractivity contribution in [3.05, 3.63) is 0 Å². The van der Waals surface area contributed by atoms with Gasteiger partial charge in [0.1, 0.15) is 6.04 Å². The number of hydrogen-bond donors (Lipinski definition) is 2. The molecule has 5 nitrogen and oxygen atoms in total. The number of nitrogens with one attached hydrogen (secondary N) is 1. The number of hydrogen-bond acceptors (Lipinski definition) is 3. The van der Waals surface area contributed by atoms with Gasteiger partial charge in [-0.25, -0.2) is 0 Å². The van der Waals surface area contributed by atoms with E-state index in [1.54, 1.807) is 11.9 Å². The van der Waals surface area contributed by atoms with Crippen molar-refractivity contribution < 1.29 is 9.59 Å². The first kappa shape index (κ1) is 11.0. The fraction of sp³-hybridized carbons (Fsp3) is 0.778. The third-order valence-electron chi connectivity index (χ3n) is 2.52. The largest absolute Gasteiger partial charge is 0.344 e. The fourth-order valence-electron chi connectivity index (χ4n) is 1.42. The first-order valence-electron chi connectivity index (χ1n) is 4.87. The van der Waals surface area contributed by atoms with Crippen LogP contribution in [0.3, 0.4) is 0 Å². The third-order valence-corrected chi connectivity index (χ3v) is 2.52. The molecule has 1 aliphatic rings. The quantitative estimate of drug-likeness (QED) is 0.616. The van der Waals surface area contributed by atoms with Crippen molar-refractivity contribution in [2.45, 2.75) is 31.8 Å². The van der Waals surface area contributed by atoms with Gasteiger partial charge in [-0.1, -0.05) is 6.92 Å². The average molecular weight is 199 g/mol. The molecular weight excluding hydrogens is 182 g/mol. The molecule has 1 fully saturated rings. The normalized spacial score (nSPS) is 23.8. The molecule has 0 aromatic heterocycles. The topological polar surface area (TPSA) is 75.4 Å². The highest BCUT2D eigenvalue weighted by Crippen LogP contribution is 2.08.